The summed E-state index contributed by atoms with van der Waals surface area (Å²) in [6.07, 6.45) is -13.5. The molecule has 41 heavy (non-hydrogen) atoms. The Kier molecular flexibility index (Phi) is 12.4. The van der Waals surface area contributed by atoms with Gasteiger partial charge in [0.05, 0.1) is 49.6 Å². The molecular formula is C23H47N7O11. The summed E-state index contributed by atoms with van der Waals surface area (Å²) in [4.78, 5) is 12.6. The van der Waals surface area contributed by atoms with Crippen molar-refractivity contribution >= 4 is 6.03 Å². The van der Waals surface area contributed by atoms with E-state index in [0.717, 1.165) is 0 Å². The first-order valence-corrected chi connectivity index (χ1v) is 13.8. The van der Waals surface area contributed by atoms with Gasteiger partial charge in [-0.3, -0.25) is 5.21 Å². The van der Waals surface area contributed by atoms with E-state index in [1.54, 1.807) is 0 Å². The fourth-order valence-corrected chi connectivity index (χ4v) is 5.71. The van der Waals surface area contributed by atoms with E-state index in [-0.39, 0.29) is 26.1 Å². The number of nitrogens with two attached hydrogens (primary N) is 4. The van der Waals surface area contributed by atoms with Crippen LogP contribution in [0.4, 0.5) is 4.79 Å². The molecule has 0 aromatic rings. The Morgan fingerprint density at radius 1 is 0.976 bits per heavy atom. The molecule has 3 rings (SSSR count). The highest BCUT2D eigenvalue weighted by atomic mass is 16.7. The van der Waals surface area contributed by atoms with E-state index in [1.807, 2.05) is 6.92 Å². The van der Waals surface area contributed by atoms with Crippen LogP contribution < -0.4 is 33.6 Å². The van der Waals surface area contributed by atoms with Crippen LogP contribution in [0.5, 0.6) is 0 Å². The van der Waals surface area contributed by atoms with E-state index in [9.17, 15) is 40.6 Å². The Bertz CT molecular complexity index is 835. The Morgan fingerprint density at radius 3 is 2.27 bits per heavy atom. The van der Waals surface area contributed by atoms with Crippen LogP contribution in [0.3, 0.4) is 0 Å². The second-order valence-electron chi connectivity index (χ2n) is 10.8. The van der Waals surface area contributed by atoms with Crippen molar-refractivity contribution in [2.75, 3.05) is 32.8 Å². The summed E-state index contributed by atoms with van der Waals surface area (Å²) < 4.78 is 17.6. The smallest absolute Gasteiger partial charge is 0.341 e. The van der Waals surface area contributed by atoms with Crippen molar-refractivity contribution in [3.63, 3.8) is 0 Å². The molecule has 3 aliphatic rings. The van der Waals surface area contributed by atoms with Crippen molar-refractivity contribution in [3.8, 4) is 0 Å². The van der Waals surface area contributed by atoms with Gasteiger partial charge in [-0.05, 0) is 13.0 Å². The zero-order chi connectivity index (χ0) is 30.6. The number of ether oxygens (including phenoxy) is 3. The van der Waals surface area contributed by atoms with Gasteiger partial charge in [-0.25, -0.2) is 9.86 Å². The molecule has 0 spiro atoms. The summed E-state index contributed by atoms with van der Waals surface area (Å²) in [5.41, 5.74) is 24.0. The van der Waals surface area contributed by atoms with Crippen LogP contribution >= 0.6 is 0 Å². The van der Waals surface area contributed by atoms with Gasteiger partial charge >= 0.3 is 6.03 Å². The topological polar surface area (TPSA) is 318 Å². The lowest BCUT2D eigenvalue weighted by molar-refractivity contribution is -0.307. The fourth-order valence-electron chi connectivity index (χ4n) is 5.71. The molecule has 0 bridgehead atoms. The number of hydroxylamine groups is 2. The number of carbonyl (C=O) groups excluding carboxylic acids is 1. The van der Waals surface area contributed by atoms with Gasteiger partial charge in [0.1, 0.15) is 36.6 Å². The number of aliphatic hydroxyl groups excluding tert-OH is 6. The van der Waals surface area contributed by atoms with E-state index in [4.69, 9.17) is 37.1 Å². The standard InChI is InChI=1S/C23H47N7O11/c1-2-28-6-10-16(33)18(35)14(27)21(39-10)12-8(25)5-9(29-23(37)30(38)4-3-24)20(17(12)34)41-22-19(36)13(26)15(32)11(7-31)40-22/h8-22,28,31-36,38H,2-7,24-27H2,1H3,(H,29,37). The zero-order valence-electron chi connectivity index (χ0n) is 22.9. The van der Waals surface area contributed by atoms with Crippen LogP contribution in [0.25, 0.3) is 0 Å². The van der Waals surface area contributed by atoms with E-state index in [2.05, 4.69) is 10.6 Å². The van der Waals surface area contributed by atoms with Gasteiger partial charge in [-0.2, -0.15) is 0 Å². The number of nitrogens with zero attached hydrogens (tertiary/aromatic N) is 1. The first-order valence-electron chi connectivity index (χ1n) is 13.8. The molecule has 17 N–H and O–H groups in total. The van der Waals surface area contributed by atoms with Gasteiger partial charge in [0.25, 0.3) is 0 Å². The molecule has 2 heterocycles. The highest BCUT2D eigenvalue weighted by Crippen LogP contribution is 2.37. The second-order valence-corrected chi connectivity index (χ2v) is 10.8. The number of carbonyl (C=O) groups is 1. The van der Waals surface area contributed by atoms with Crippen LogP contribution in [-0.2, 0) is 14.2 Å². The molecule has 3 fully saturated rings. The molecule has 2 amide bonds. The third kappa shape index (κ3) is 7.43. The number of amides is 2. The molecule has 2 saturated heterocycles. The lowest BCUT2D eigenvalue weighted by Gasteiger charge is -2.52. The van der Waals surface area contributed by atoms with E-state index >= 15 is 0 Å². The van der Waals surface area contributed by atoms with E-state index < -0.39 is 104 Å². The summed E-state index contributed by atoms with van der Waals surface area (Å²) in [6, 6.07) is -5.39. The maximum atomic E-state index is 12.6. The van der Waals surface area contributed by atoms with Gasteiger partial charge < -0.3 is 78.4 Å². The monoisotopic (exact) mass is 597 g/mol. The van der Waals surface area contributed by atoms with E-state index in [1.165, 1.54) is 0 Å². The SMILES string of the molecule is CCNCC1OC(C2C(N)CC(NC(=O)N(O)CCN)C(OC3OC(CO)C(O)C(N)C3O)C2O)C(N)C(O)C1O. The molecule has 240 valence electrons. The number of rotatable bonds is 10. The third-order valence-electron chi connectivity index (χ3n) is 8.07. The molecule has 18 heteroatoms. The molecule has 2 aliphatic heterocycles. The summed E-state index contributed by atoms with van der Waals surface area (Å²) in [5.74, 6) is -1.02. The van der Waals surface area contributed by atoms with Crippen molar-refractivity contribution in [1.82, 2.24) is 15.7 Å². The quantitative estimate of drug-likeness (QED) is 0.0821. The summed E-state index contributed by atoms with van der Waals surface area (Å²) >= 11 is 0. The van der Waals surface area contributed by atoms with Crippen LogP contribution in [0, 0.1) is 5.92 Å². The number of nitrogens with one attached hydrogen (secondary N) is 2. The molecule has 15 atom stereocenters. The average molecular weight is 598 g/mol. The number of hydrogen-bond donors (Lipinski definition) is 13. The number of urea groups is 1. The van der Waals surface area contributed by atoms with Crippen LogP contribution in [0.15, 0.2) is 0 Å². The van der Waals surface area contributed by atoms with Gasteiger partial charge in [0, 0.05) is 25.0 Å². The van der Waals surface area contributed by atoms with Gasteiger partial charge in [-0.1, -0.05) is 6.92 Å². The normalized spacial score (nSPS) is 45.3. The van der Waals surface area contributed by atoms with Crippen molar-refractivity contribution < 1.29 is 54.9 Å². The van der Waals surface area contributed by atoms with Crippen molar-refractivity contribution in [3.05, 3.63) is 0 Å². The highest BCUT2D eigenvalue weighted by Gasteiger charge is 2.55. The zero-order valence-corrected chi connectivity index (χ0v) is 22.9. The van der Waals surface area contributed by atoms with Crippen LogP contribution in [0.1, 0.15) is 13.3 Å². The minimum Gasteiger partial charge on any atom is -0.394 e. The van der Waals surface area contributed by atoms with E-state index in [0.29, 0.717) is 11.6 Å². The lowest BCUT2D eigenvalue weighted by atomic mass is 9.71. The predicted octanol–water partition coefficient (Wildman–Crippen LogP) is -7.00. The van der Waals surface area contributed by atoms with Crippen molar-refractivity contribution in [2.45, 2.75) is 98.7 Å². The molecule has 18 nitrogen and oxygen atoms in total. The third-order valence-corrected chi connectivity index (χ3v) is 8.07. The molecule has 15 unspecified atom stereocenters. The Hall–Kier alpha value is -1.33. The second kappa shape index (κ2) is 14.9. The molecular weight excluding hydrogens is 550 g/mol. The first-order chi connectivity index (χ1) is 19.4. The first kappa shape index (κ1) is 34.2. The summed E-state index contributed by atoms with van der Waals surface area (Å²) in [5, 5.41) is 79.2. The lowest BCUT2D eigenvalue weighted by Crippen LogP contribution is -2.72. The fraction of sp³-hybridized carbons (Fsp3) is 0.957. The van der Waals surface area contributed by atoms with Crippen LogP contribution in [-0.4, -0.2) is 165 Å². The summed E-state index contributed by atoms with van der Waals surface area (Å²) in [7, 11) is 0. The Balaban J connectivity index is 1.91. The summed E-state index contributed by atoms with van der Waals surface area (Å²) in [6.45, 7) is 1.69. The van der Waals surface area contributed by atoms with Gasteiger partial charge in [0.2, 0.25) is 0 Å². The number of hydrogen-bond acceptors (Lipinski definition) is 16. The Morgan fingerprint density at radius 2 is 1.66 bits per heavy atom. The molecule has 1 aliphatic carbocycles. The molecule has 0 radical (unpaired) electrons. The average Bonchev–Trinajstić information content (AvgIpc) is 2.94. The molecule has 1 saturated carbocycles. The maximum Gasteiger partial charge on any atom is 0.341 e. The predicted molar refractivity (Wildman–Crippen MR) is 140 cm³/mol. The van der Waals surface area contributed by atoms with Crippen molar-refractivity contribution in [1.29, 1.82) is 0 Å². The minimum atomic E-state index is -1.60. The van der Waals surface area contributed by atoms with Gasteiger partial charge in [-0.15, -0.1) is 0 Å². The Labute approximate surface area is 237 Å². The molecule has 0 aromatic heterocycles. The van der Waals surface area contributed by atoms with Crippen LogP contribution in [0.2, 0.25) is 0 Å². The van der Waals surface area contributed by atoms with Crippen molar-refractivity contribution in [2.24, 2.45) is 28.9 Å². The number of aliphatic hydroxyl groups is 6. The highest BCUT2D eigenvalue weighted by molar-refractivity contribution is 5.73. The maximum absolute atomic E-state index is 12.6. The minimum absolute atomic E-state index is 0.0390. The van der Waals surface area contributed by atoms with Gasteiger partial charge in [0.15, 0.2) is 6.29 Å². The molecule has 0 aromatic carbocycles. The largest absolute Gasteiger partial charge is 0.394 e. The number of likely N-dealkylation sites (N-methyl/N-ethyl adjacent to an activating group) is 1.